The van der Waals surface area contributed by atoms with Gasteiger partial charge in [0.1, 0.15) is 11.6 Å². The van der Waals surface area contributed by atoms with Gasteiger partial charge in [0.15, 0.2) is 6.10 Å². The van der Waals surface area contributed by atoms with Crippen LogP contribution in [0, 0.1) is 11.6 Å². The van der Waals surface area contributed by atoms with Gasteiger partial charge in [0.25, 0.3) is 0 Å². The zero-order valence-electron chi connectivity index (χ0n) is 11.8. The molecule has 0 aliphatic rings. The van der Waals surface area contributed by atoms with Crippen LogP contribution < -0.4 is 5.73 Å². The van der Waals surface area contributed by atoms with E-state index in [0.29, 0.717) is 18.6 Å². The maximum atomic E-state index is 13.6. The Kier molecular flexibility index (Phi) is 6.08. The van der Waals surface area contributed by atoms with E-state index in [9.17, 15) is 18.4 Å². The van der Waals surface area contributed by atoms with Crippen LogP contribution in [0.3, 0.4) is 0 Å². The number of nitrogens with two attached hydrogens (primary N) is 1. The minimum absolute atomic E-state index is 0.126. The minimum Gasteiger partial charge on any atom is -0.463 e. The summed E-state index contributed by atoms with van der Waals surface area (Å²) >= 11 is 0. The standard InChI is InChI=1S/C14H17F2NO4/c1-3-5-12(14(19)20-4-2)21-13(18)8-6-10(16)11(17)7-9(8)15/h6-7,12H,3-5,17H2,1-2H3. The Morgan fingerprint density at radius 2 is 1.90 bits per heavy atom. The van der Waals surface area contributed by atoms with Crippen LogP contribution in [0.5, 0.6) is 0 Å². The van der Waals surface area contributed by atoms with Gasteiger partial charge in [-0.15, -0.1) is 0 Å². The molecule has 1 unspecified atom stereocenters. The molecule has 0 radical (unpaired) electrons. The third kappa shape index (κ3) is 4.40. The lowest BCUT2D eigenvalue weighted by Gasteiger charge is -2.16. The van der Waals surface area contributed by atoms with Gasteiger partial charge in [-0.1, -0.05) is 13.3 Å². The van der Waals surface area contributed by atoms with Crippen molar-refractivity contribution in [3.63, 3.8) is 0 Å². The molecule has 0 spiro atoms. The number of esters is 2. The number of carbonyl (C=O) groups excluding carboxylic acids is 2. The van der Waals surface area contributed by atoms with Crippen molar-refractivity contribution in [2.45, 2.75) is 32.8 Å². The van der Waals surface area contributed by atoms with Crippen LogP contribution in [0.15, 0.2) is 12.1 Å². The van der Waals surface area contributed by atoms with E-state index in [4.69, 9.17) is 15.2 Å². The van der Waals surface area contributed by atoms with Gasteiger partial charge in [-0.05, 0) is 19.4 Å². The molecule has 21 heavy (non-hydrogen) atoms. The minimum atomic E-state index is -1.15. The summed E-state index contributed by atoms with van der Waals surface area (Å²) in [7, 11) is 0. The van der Waals surface area contributed by atoms with Gasteiger partial charge in [0.05, 0.1) is 17.9 Å². The van der Waals surface area contributed by atoms with Crippen LogP contribution >= 0.6 is 0 Å². The molecule has 2 N–H and O–H groups in total. The molecule has 0 aliphatic carbocycles. The summed E-state index contributed by atoms with van der Waals surface area (Å²) < 4.78 is 36.6. The average molecular weight is 301 g/mol. The molecule has 0 bridgehead atoms. The quantitative estimate of drug-likeness (QED) is 0.645. The first-order chi connectivity index (χ1) is 9.90. The van der Waals surface area contributed by atoms with E-state index in [1.807, 2.05) is 0 Å². The van der Waals surface area contributed by atoms with Crippen LogP contribution in [0.4, 0.5) is 14.5 Å². The maximum absolute atomic E-state index is 13.6. The number of ether oxygens (including phenoxy) is 2. The molecule has 7 heteroatoms. The fraction of sp³-hybridized carbons (Fsp3) is 0.429. The number of benzene rings is 1. The summed E-state index contributed by atoms with van der Waals surface area (Å²) in [4.78, 5) is 23.5. The fourth-order valence-electron chi connectivity index (χ4n) is 1.63. The van der Waals surface area contributed by atoms with E-state index < -0.39 is 40.9 Å². The summed E-state index contributed by atoms with van der Waals surface area (Å²) in [6.07, 6.45) is -0.374. The highest BCUT2D eigenvalue weighted by Gasteiger charge is 2.26. The van der Waals surface area contributed by atoms with Crippen LogP contribution in [0.2, 0.25) is 0 Å². The zero-order chi connectivity index (χ0) is 16.0. The van der Waals surface area contributed by atoms with Crippen molar-refractivity contribution in [1.29, 1.82) is 0 Å². The average Bonchev–Trinajstić information content (AvgIpc) is 2.42. The smallest absolute Gasteiger partial charge is 0.347 e. The van der Waals surface area contributed by atoms with Crippen LogP contribution in [-0.2, 0) is 14.3 Å². The lowest BCUT2D eigenvalue weighted by atomic mass is 10.1. The first kappa shape index (κ1) is 16.9. The maximum Gasteiger partial charge on any atom is 0.347 e. The molecule has 0 aromatic heterocycles. The summed E-state index contributed by atoms with van der Waals surface area (Å²) in [5.74, 6) is -3.81. The molecule has 1 aromatic rings. The number of halogens is 2. The predicted octanol–water partition coefficient (Wildman–Crippen LogP) is 2.44. The molecule has 1 rings (SSSR count). The van der Waals surface area contributed by atoms with Crippen molar-refractivity contribution in [3.05, 3.63) is 29.3 Å². The van der Waals surface area contributed by atoms with E-state index >= 15 is 0 Å². The zero-order valence-corrected chi connectivity index (χ0v) is 11.8. The van der Waals surface area contributed by atoms with Gasteiger partial charge in [-0.25, -0.2) is 18.4 Å². The van der Waals surface area contributed by atoms with Crippen molar-refractivity contribution in [2.75, 3.05) is 12.3 Å². The first-order valence-corrected chi connectivity index (χ1v) is 6.52. The molecular weight excluding hydrogens is 284 g/mol. The molecule has 0 amide bonds. The second-order valence-electron chi connectivity index (χ2n) is 4.29. The van der Waals surface area contributed by atoms with Crippen molar-refractivity contribution >= 4 is 17.6 Å². The Balaban J connectivity index is 2.91. The molecule has 5 nitrogen and oxygen atoms in total. The number of hydrogen-bond acceptors (Lipinski definition) is 5. The molecule has 0 fully saturated rings. The van der Waals surface area contributed by atoms with Crippen molar-refractivity contribution < 1.29 is 27.8 Å². The highest BCUT2D eigenvalue weighted by atomic mass is 19.1. The molecule has 1 atom stereocenters. The number of hydrogen-bond donors (Lipinski definition) is 1. The normalized spacial score (nSPS) is 11.8. The number of carbonyl (C=O) groups is 2. The summed E-state index contributed by atoms with van der Waals surface area (Å²) in [6, 6.07) is 1.33. The van der Waals surface area contributed by atoms with Crippen LogP contribution in [0.1, 0.15) is 37.0 Å². The van der Waals surface area contributed by atoms with E-state index in [2.05, 4.69) is 0 Å². The second kappa shape index (κ2) is 7.56. The third-order valence-corrected chi connectivity index (χ3v) is 2.66. The largest absolute Gasteiger partial charge is 0.463 e. The van der Waals surface area contributed by atoms with Crippen molar-refractivity contribution in [3.8, 4) is 0 Å². The van der Waals surface area contributed by atoms with E-state index in [0.717, 1.165) is 0 Å². The van der Waals surface area contributed by atoms with Crippen LogP contribution in [0.25, 0.3) is 0 Å². The lowest BCUT2D eigenvalue weighted by Crippen LogP contribution is -2.29. The summed E-state index contributed by atoms with van der Waals surface area (Å²) in [5, 5.41) is 0. The number of nitrogen functional groups attached to an aromatic ring is 1. The summed E-state index contributed by atoms with van der Waals surface area (Å²) in [6.45, 7) is 3.52. The number of rotatable bonds is 6. The highest BCUT2D eigenvalue weighted by Crippen LogP contribution is 2.18. The van der Waals surface area contributed by atoms with Gasteiger partial charge in [-0.3, -0.25) is 0 Å². The number of anilines is 1. The SMILES string of the molecule is CCCC(OC(=O)c1cc(F)c(N)cc1F)C(=O)OCC. The van der Waals surface area contributed by atoms with Gasteiger partial charge >= 0.3 is 11.9 Å². The molecule has 0 heterocycles. The van der Waals surface area contributed by atoms with E-state index in [-0.39, 0.29) is 13.0 Å². The summed E-state index contributed by atoms with van der Waals surface area (Å²) in [5.41, 5.74) is 4.15. The van der Waals surface area contributed by atoms with Gasteiger partial charge in [0, 0.05) is 6.07 Å². The molecular formula is C14H17F2NO4. The van der Waals surface area contributed by atoms with Gasteiger partial charge in [0.2, 0.25) is 0 Å². The predicted molar refractivity (Wildman–Crippen MR) is 71.5 cm³/mol. The Hall–Kier alpha value is -2.18. The van der Waals surface area contributed by atoms with Gasteiger partial charge < -0.3 is 15.2 Å². The molecule has 116 valence electrons. The Labute approximate surface area is 121 Å². The molecule has 0 saturated carbocycles. The Morgan fingerprint density at radius 1 is 1.24 bits per heavy atom. The molecule has 0 saturated heterocycles. The molecule has 0 aliphatic heterocycles. The Bertz CT molecular complexity index is 534. The lowest BCUT2D eigenvalue weighted by molar-refractivity contribution is -0.153. The van der Waals surface area contributed by atoms with Crippen molar-refractivity contribution in [2.24, 2.45) is 0 Å². The van der Waals surface area contributed by atoms with E-state index in [1.54, 1.807) is 13.8 Å². The molecule has 1 aromatic carbocycles. The third-order valence-electron chi connectivity index (χ3n) is 2.66. The van der Waals surface area contributed by atoms with E-state index in [1.165, 1.54) is 0 Å². The second-order valence-corrected chi connectivity index (χ2v) is 4.29. The topological polar surface area (TPSA) is 78.6 Å². The Morgan fingerprint density at radius 3 is 2.48 bits per heavy atom. The van der Waals surface area contributed by atoms with Crippen molar-refractivity contribution in [1.82, 2.24) is 0 Å². The monoisotopic (exact) mass is 301 g/mol. The van der Waals surface area contributed by atoms with Crippen LogP contribution in [-0.4, -0.2) is 24.6 Å². The fourth-order valence-corrected chi connectivity index (χ4v) is 1.63. The first-order valence-electron chi connectivity index (χ1n) is 6.52. The van der Waals surface area contributed by atoms with Gasteiger partial charge in [-0.2, -0.15) is 0 Å². The highest BCUT2D eigenvalue weighted by molar-refractivity contribution is 5.92.